The van der Waals surface area contributed by atoms with Gasteiger partial charge in [0.15, 0.2) is 0 Å². The van der Waals surface area contributed by atoms with E-state index in [9.17, 15) is 19.2 Å². The second kappa shape index (κ2) is 20.9. The Labute approximate surface area is 389 Å². The number of aromatic carboxylic acids is 1. The topological polar surface area (TPSA) is 237 Å². The first-order valence-electron chi connectivity index (χ1n) is 21.3. The van der Waals surface area contributed by atoms with E-state index in [4.69, 9.17) is 24.1 Å². The molecule has 9 rings (SSSR count). The van der Waals surface area contributed by atoms with Crippen LogP contribution in [0.1, 0.15) is 81.4 Å². The second-order valence-electron chi connectivity index (χ2n) is 15.3. The molecule has 2 aromatic heterocycles. The number of carboxylic acid groups (broad SMARTS) is 1. The number of carbonyl (C=O) groups excluding carboxylic acids is 3. The monoisotopic (exact) mass is 916 g/mol. The number of carbonyl (C=O) groups is 4. The summed E-state index contributed by atoms with van der Waals surface area (Å²) in [5, 5.41) is 38.9. The van der Waals surface area contributed by atoms with Gasteiger partial charge < -0.3 is 34.7 Å². The molecule has 0 saturated carbocycles. The molecule has 0 spiro atoms. The van der Waals surface area contributed by atoms with Gasteiger partial charge >= 0.3 is 23.9 Å². The van der Waals surface area contributed by atoms with Gasteiger partial charge in [0.2, 0.25) is 11.9 Å². The number of hydrogen-bond donors (Lipinski definition) is 3. The summed E-state index contributed by atoms with van der Waals surface area (Å²) in [4.78, 5) is 49.5. The lowest BCUT2D eigenvalue weighted by atomic mass is 9.95. The maximum absolute atomic E-state index is 13.4. The lowest BCUT2D eigenvalue weighted by Gasteiger charge is -2.28. The van der Waals surface area contributed by atoms with Crippen molar-refractivity contribution in [1.29, 1.82) is 0 Å². The summed E-state index contributed by atoms with van der Waals surface area (Å²) in [6.45, 7) is 6.12. The van der Waals surface area contributed by atoms with Gasteiger partial charge in [-0.3, -0.25) is 0 Å². The molecule has 68 heavy (non-hydrogen) atoms. The highest BCUT2D eigenvalue weighted by molar-refractivity contribution is 5.93. The van der Waals surface area contributed by atoms with Crippen LogP contribution < -0.4 is 15.4 Å². The molecule has 0 amide bonds. The fourth-order valence-electron chi connectivity index (χ4n) is 7.51. The molecule has 0 aliphatic carbocycles. The van der Waals surface area contributed by atoms with Gasteiger partial charge in [0.1, 0.15) is 37.7 Å². The van der Waals surface area contributed by atoms with Crippen LogP contribution in [0.15, 0.2) is 156 Å². The lowest BCUT2D eigenvalue weighted by Crippen LogP contribution is -2.30. The summed E-state index contributed by atoms with van der Waals surface area (Å²) in [6, 6.07) is 38.2. The smallest absolute Gasteiger partial charge is 0.338 e. The van der Waals surface area contributed by atoms with Crippen LogP contribution >= 0.6 is 0 Å². The molecule has 0 saturated heterocycles. The largest absolute Gasteiger partial charge is 0.489 e. The van der Waals surface area contributed by atoms with Crippen LogP contribution in [0, 0.1) is 0 Å². The van der Waals surface area contributed by atoms with E-state index in [-0.39, 0.29) is 31.4 Å². The third kappa shape index (κ3) is 10.3. The number of tetrazole rings is 2. The van der Waals surface area contributed by atoms with E-state index in [0.29, 0.717) is 63.5 Å². The fourth-order valence-corrected chi connectivity index (χ4v) is 7.51. The van der Waals surface area contributed by atoms with Gasteiger partial charge in [0.25, 0.3) is 0 Å². The average molecular weight is 917 g/mol. The van der Waals surface area contributed by atoms with Gasteiger partial charge in [-0.25, -0.2) is 19.2 Å². The Morgan fingerprint density at radius 1 is 0.559 bits per heavy atom. The van der Waals surface area contributed by atoms with Crippen LogP contribution in [-0.4, -0.2) is 76.0 Å². The number of anilines is 2. The number of nitrogens with zero attached hydrogens (tertiary/aromatic N) is 8. The highest BCUT2D eigenvalue weighted by Gasteiger charge is 2.37. The molecule has 5 aromatic carbocycles. The minimum atomic E-state index is -1.03. The maximum Gasteiger partial charge on any atom is 0.338 e. The third-order valence-electron chi connectivity index (χ3n) is 10.8. The molecule has 2 atom stereocenters. The van der Waals surface area contributed by atoms with E-state index < -0.39 is 30.0 Å². The molecule has 2 aliphatic heterocycles. The number of rotatable bonds is 14. The van der Waals surface area contributed by atoms with Crippen LogP contribution in [0.4, 0.5) is 11.9 Å². The van der Waals surface area contributed by atoms with E-state index in [2.05, 4.69) is 41.7 Å². The Morgan fingerprint density at radius 2 is 1.04 bits per heavy atom. The number of ether oxygens (including phenoxy) is 4. The van der Waals surface area contributed by atoms with E-state index >= 15 is 0 Å². The first kappa shape index (κ1) is 45.6. The van der Waals surface area contributed by atoms with Crippen molar-refractivity contribution in [3.8, 4) is 5.75 Å². The van der Waals surface area contributed by atoms with Gasteiger partial charge in [0, 0.05) is 17.0 Å². The molecule has 3 N–H and O–H groups in total. The number of fused-ring (bicyclic) bond motifs is 2. The maximum atomic E-state index is 13.4. The molecular formula is C49H44N10O9. The summed E-state index contributed by atoms with van der Waals surface area (Å²) in [7, 11) is 0. The van der Waals surface area contributed by atoms with Crippen molar-refractivity contribution in [3.05, 3.63) is 195 Å². The molecule has 0 fully saturated rings. The minimum Gasteiger partial charge on any atom is -0.489 e. The first-order valence-corrected chi connectivity index (χ1v) is 21.3. The van der Waals surface area contributed by atoms with Crippen molar-refractivity contribution >= 4 is 35.8 Å². The van der Waals surface area contributed by atoms with Crippen molar-refractivity contribution in [3.63, 3.8) is 0 Å². The Morgan fingerprint density at radius 3 is 1.59 bits per heavy atom. The molecule has 4 heterocycles. The van der Waals surface area contributed by atoms with E-state index in [0.717, 1.165) is 16.7 Å². The third-order valence-corrected chi connectivity index (χ3v) is 10.8. The number of hydrogen-bond acceptors (Lipinski definition) is 16. The normalized spacial score (nSPS) is 14.8. The zero-order chi connectivity index (χ0) is 47.6. The lowest BCUT2D eigenvalue weighted by molar-refractivity contribution is -0.141. The van der Waals surface area contributed by atoms with Gasteiger partial charge in [-0.05, 0) is 94.2 Å². The highest BCUT2D eigenvalue weighted by Crippen LogP contribution is 2.40. The van der Waals surface area contributed by atoms with Crippen LogP contribution in [0.25, 0.3) is 0 Å². The minimum absolute atomic E-state index is 0.129. The Kier molecular flexibility index (Phi) is 14.0. The molecule has 2 aliphatic rings. The fraction of sp³-hybridized carbons (Fsp3) is 0.184. The number of aromatic nitrogens is 8. The molecular weight excluding hydrogens is 873 g/mol. The summed E-state index contributed by atoms with van der Waals surface area (Å²) in [5.41, 5.74) is 6.47. The molecule has 19 heteroatoms. The molecule has 7 aromatic rings. The molecule has 0 radical (unpaired) electrons. The number of benzene rings is 5. The van der Waals surface area contributed by atoms with Crippen molar-refractivity contribution in [1.82, 2.24) is 40.4 Å². The first-order chi connectivity index (χ1) is 33.1. The van der Waals surface area contributed by atoms with Crippen LogP contribution in [0.3, 0.4) is 0 Å². The number of carboxylic acids is 1. The quantitative estimate of drug-likeness (QED) is 0.0746. The summed E-state index contributed by atoms with van der Waals surface area (Å²) < 4.78 is 25.5. The standard InChI is InChI=1S/C29H27N5O5.C20H17N5O4/c1-3-37-27(35)22-15-13-21(14-16-22)17-38-24-12-8-7-11-23(24)26-25(19(2)30-29-31-32-33-34(26)29)28(36)39-18-20-9-5-4-6-10-20;1-12-16(19(28)29-11-13-5-3-2-4-6-13)17(25-20(21-12)22-23-24-25)14-7-9-15(10-8-14)18(26)27/h4-16,26H,3,17-18H2,1-2H3,(H,30,31,33);2-10,17H,11H2,1H3,(H,26,27)(H,21,22,24). The summed E-state index contributed by atoms with van der Waals surface area (Å²) >= 11 is 0. The van der Waals surface area contributed by atoms with Crippen LogP contribution in [0.5, 0.6) is 5.75 Å². The number of allylic oxidation sites excluding steroid dienone is 2. The van der Waals surface area contributed by atoms with Crippen molar-refractivity contribution in [2.45, 2.75) is 52.7 Å². The van der Waals surface area contributed by atoms with Crippen molar-refractivity contribution in [2.24, 2.45) is 0 Å². The Hall–Kier alpha value is -9.00. The number of esters is 3. The Bertz CT molecular complexity index is 2990. The van der Waals surface area contributed by atoms with Gasteiger partial charge in [-0.1, -0.05) is 113 Å². The molecule has 0 bridgehead atoms. The number of nitrogens with one attached hydrogen (secondary N) is 2. The number of para-hydroxylation sites is 1. The van der Waals surface area contributed by atoms with Crippen LogP contribution in [-0.2, 0) is 43.6 Å². The Balaban J connectivity index is 0.000000192. The zero-order valence-electron chi connectivity index (χ0n) is 37.0. The SMILES string of the molecule is CC1=C(C(=O)OCc2ccccc2)C(c2ccc(C(=O)O)cc2)n2nnnc2N1.CCOC(=O)c1ccc(COc2ccccc2C2C(C(=O)OCc3ccccc3)=C(C)Nc3nnnn32)cc1. The predicted molar refractivity (Wildman–Crippen MR) is 244 cm³/mol. The summed E-state index contributed by atoms with van der Waals surface area (Å²) in [6.07, 6.45) is 0. The summed E-state index contributed by atoms with van der Waals surface area (Å²) in [5.74, 6) is -1.05. The molecule has 2 unspecified atom stereocenters. The van der Waals surface area contributed by atoms with Gasteiger partial charge in [-0.15, -0.1) is 0 Å². The van der Waals surface area contributed by atoms with Gasteiger partial charge in [0.05, 0.1) is 28.9 Å². The zero-order valence-corrected chi connectivity index (χ0v) is 37.0. The van der Waals surface area contributed by atoms with Crippen molar-refractivity contribution in [2.75, 3.05) is 17.2 Å². The average Bonchev–Trinajstić information content (AvgIpc) is 4.04. The van der Waals surface area contributed by atoms with E-state index in [1.54, 1.807) is 49.7 Å². The van der Waals surface area contributed by atoms with Gasteiger partial charge in [-0.2, -0.15) is 9.36 Å². The molecule has 344 valence electrons. The molecule has 19 nitrogen and oxygen atoms in total. The van der Waals surface area contributed by atoms with E-state index in [1.807, 2.05) is 97.1 Å². The highest BCUT2D eigenvalue weighted by atomic mass is 16.5. The van der Waals surface area contributed by atoms with Crippen molar-refractivity contribution < 1.29 is 43.2 Å². The van der Waals surface area contributed by atoms with E-state index in [1.165, 1.54) is 16.8 Å². The second-order valence-corrected chi connectivity index (χ2v) is 15.3. The predicted octanol–water partition coefficient (Wildman–Crippen LogP) is 6.86. The van der Waals surface area contributed by atoms with Crippen LogP contribution in [0.2, 0.25) is 0 Å².